The van der Waals surface area contributed by atoms with Gasteiger partial charge in [-0.3, -0.25) is 0 Å². The van der Waals surface area contributed by atoms with Crippen LogP contribution in [0, 0.1) is 0 Å². The summed E-state index contributed by atoms with van der Waals surface area (Å²) in [4.78, 5) is 0. The van der Waals surface area contributed by atoms with Crippen LogP contribution in [-0.2, 0) is 9.47 Å². The first-order valence-electron chi connectivity index (χ1n) is 9.41. The average Bonchev–Trinajstić information content (AvgIpc) is 2.55. The van der Waals surface area contributed by atoms with E-state index < -0.39 is 0 Å². The summed E-state index contributed by atoms with van der Waals surface area (Å²) in [5.74, 6) is -0.277. The number of hydrogen-bond donors (Lipinski definition) is 0. The molecule has 1 fully saturated rings. The van der Waals surface area contributed by atoms with Crippen LogP contribution in [0.5, 0.6) is 0 Å². The molecule has 2 heteroatoms. The standard InChI is InChI=1S/C20H36O2/c1-3-5-7-9-14-18-21-20(16-12-11-13-17-20)22-19-15-10-8-6-4-2/h5-8H,3-4,9-19H2,1-2H3/b7-5+,8-6+. The van der Waals surface area contributed by atoms with Crippen molar-refractivity contribution in [2.75, 3.05) is 13.2 Å². The monoisotopic (exact) mass is 308 g/mol. The fourth-order valence-electron chi connectivity index (χ4n) is 2.91. The zero-order valence-electron chi connectivity index (χ0n) is 14.8. The van der Waals surface area contributed by atoms with Gasteiger partial charge >= 0.3 is 0 Å². The lowest BCUT2D eigenvalue weighted by Crippen LogP contribution is -2.38. The van der Waals surface area contributed by atoms with Gasteiger partial charge in [0.2, 0.25) is 0 Å². The minimum Gasteiger partial charge on any atom is -0.350 e. The molecule has 0 N–H and O–H groups in total. The Morgan fingerprint density at radius 2 is 1.23 bits per heavy atom. The van der Waals surface area contributed by atoms with E-state index in [0.29, 0.717) is 0 Å². The molecule has 0 amide bonds. The van der Waals surface area contributed by atoms with E-state index in [9.17, 15) is 0 Å². The third-order valence-electron chi connectivity index (χ3n) is 4.18. The van der Waals surface area contributed by atoms with Crippen LogP contribution < -0.4 is 0 Å². The number of unbranched alkanes of at least 4 members (excludes halogenated alkanes) is 2. The fourth-order valence-corrected chi connectivity index (χ4v) is 2.91. The van der Waals surface area contributed by atoms with E-state index in [-0.39, 0.29) is 5.79 Å². The Kier molecular flexibility index (Phi) is 11.4. The zero-order valence-corrected chi connectivity index (χ0v) is 14.8. The maximum atomic E-state index is 6.20. The molecule has 1 saturated carbocycles. The molecule has 0 saturated heterocycles. The van der Waals surface area contributed by atoms with Crippen LogP contribution in [0.1, 0.15) is 84.5 Å². The number of hydrogen-bond acceptors (Lipinski definition) is 2. The SMILES string of the molecule is CC/C=C/CCCOC1(OCCC/C=C/CC)CCCCC1. The van der Waals surface area contributed by atoms with Gasteiger partial charge in [0.1, 0.15) is 0 Å². The molecule has 0 heterocycles. The number of rotatable bonds is 12. The minimum absolute atomic E-state index is 0.277. The van der Waals surface area contributed by atoms with Gasteiger partial charge in [0.25, 0.3) is 0 Å². The highest BCUT2D eigenvalue weighted by Crippen LogP contribution is 2.33. The van der Waals surface area contributed by atoms with Crippen LogP contribution in [0.15, 0.2) is 24.3 Å². The Hall–Kier alpha value is -0.600. The summed E-state index contributed by atoms with van der Waals surface area (Å²) in [5.41, 5.74) is 0. The van der Waals surface area contributed by atoms with Gasteiger partial charge < -0.3 is 9.47 Å². The maximum absolute atomic E-state index is 6.20. The fraction of sp³-hybridized carbons (Fsp3) is 0.800. The zero-order chi connectivity index (χ0) is 15.9. The lowest BCUT2D eigenvalue weighted by Gasteiger charge is -2.37. The molecule has 0 aromatic carbocycles. The lowest BCUT2D eigenvalue weighted by atomic mass is 9.94. The van der Waals surface area contributed by atoms with Gasteiger partial charge in [0.05, 0.1) is 13.2 Å². The highest BCUT2D eigenvalue weighted by molar-refractivity contribution is 4.81. The van der Waals surface area contributed by atoms with Crippen LogP contribution in [0.4, 0.5) is 0 Å². The van der Waals surface area contributed by atoms with Crippen molar-refractivity contribution >= 4 is 0 Å². The molecular formula is C20H36O2. The first kappa shape index (κ1) is 19.4. The van der Waals surface area contributed by atoms with E-state index in [0.717, 1.165) is 64.6 Å². The summed E-state index contributed by atoms with van der Waals surface area (Å²) in [6, 6.07) is 0. The van der Waals surface area contributed by atoms with Crippen molar-refractivity contribution in [3.05, 3.63) is 24.3 Å². The van der Waals surface area contributed by atoms with E-state index in [1.54, 1.807) is 0 Å². The number of allylic oxidation sites excluding steroid dienone is 4. The third kappa shape index (κ3) is 8.75. The molecule has 0 aromatic rings. The average molecular weight is 309 g/mol. The first-order valence-corrected chi connectivity index (χ1v) is 9.41. The molecule has 0 radical (unpaired) electrons. The van der Waals surface area contributed by atoms with E-state index in [1.807, 2.05) is 0 Å². The van der Waals surface area contributed by atoms with Crippen molar-refractivity contribution < 1.29 is 9.47 Å². The Bertz CT molecular complexity index is 277. The van der Waals surface area contributed by atoms with Gasteiger partial charge in [-0.1, -0.05) is 44.6 Å². The molecule has 1 aliphatic rings. The van der Waals surface area contributed by atoms with Crippen LogP contribution in [0.2, 0.25) is 0 Å². The molecule has 0 unspecified atom stereocenters. The van der Waals surface area contributed by atoms with E-state index in [4.69, 9.17) is 9.47 Å². The predicted molar refractivity (Wildman–Crippen MR) is 95.1 cm³/mol. The van der Waals surface area contributed by atoms with Crippen molar-refractivity contribution in [1.82, 2.24) is 0 Å². The normalized spacial score (nSPS) is 18.5. The summed E-state index contributed by atoms with van der Waals surface area (Å²) in [5, 5.41) is 0. The molecule has 22 heavy (non-hydrogen) atoms. The molecule has 1 rings (SSSR count). The van der Waals surface area contributed by atoms with E-state index in [1.165, 1.54) is 19.3 Å². The molecule has 0 atom stereocenters. The van der Waals surface area contributed by atoms with Crippen LogP contribution in [0.25, 0.3) is 0 Å². The van der Waals surface area contributed by atoms with E-state index in [2.05, 4.69) is 38.2 Å². The Morgan fingerprint density at radius 1 is 0.727 bits per heavy atom. The molecule has 128 valence electrons. The molecular weight excluding hydrogens is 272 g/mol. The Morgan fingerprint density at radius 3 is 1.68 bits per heavy atom. The summed E-state index contributed by atoms with van der Waals surface area (Å²) >= 11 is 0. The summed E-state index contributed by atoms with van der Waals surface area (Å²) in [6.07, 6.45) is 21.6. The van der Waals surface area contributed by atoms with Crippen molar-refractivity contribution in [3.63, 3.8) is 0 Å². The first-order chi connectivity index (χ1) is 10.8. The van der Waals surface area contributed by atoms with Gasteiger partial charge in [0.15, 0.2) is 5.79 Å². The topological polar surface area (TPSA) is 18.5 Å². The number of ether oxygens (including phenoxy) is 2. The largest absolute Gasteiger partial charge is 0.350 e. The van der Waals surface area contributed by atoms with Gasteiger partial charge in [-0.15, -0.1) is 0 Å². The smallest absolute Gasteiger partial charge is 0.168 e. The minimum atomic E-state index is -0.277. The van der Waals surface area contributed by atoms with Gasteiger partial charge in [-0.25, -0.2) is 0 Å². The molecule has 0 bridgehead atoms. The molecule has 0 aromatic heterocycles. The van der Waals surface area contributed by atoms with Crippen molar-refractivity contribution in [2.24, 2.45) is 0 Å². The third-order valence-corrected chi connectivity index (χ3v) is 4.18. The second-order valence-electron chi connectivity index (χ2n) is 6.21. The van der Waals surface area contributed by atoms with Crippen molar-refractivity contribution in [2.45, 2.75) is 90.3 Å². The highest BCUT2D eigenvalue weighted by atomic mass is 16.7. The maximum Gasteiger partial charge on any atom is 0.168 e. The Labute approximate surface area is 138 Å². The van der Waals surface area contributed by atoms with Gasteiger partial charge in [-0.05, 0) is 51.4 Å². The molecule has 0 spiro atoms. The quantitative estimate of drug-likeness (QED) is 0.244. The van der Waals surface area contributed by atoms with E-state index >= 15 is 0 Å². The van der Waals surface area contributed by atoms with Crippen molar-refractivity contribution in [3.8, 4) is 0 Å². The molecule has 0 aliphatic heterocycles. The summed E-state index contributed by atoms with van der Waals surface area (Å²) < 4.78 is 12.4. The van der Waals surface area contributed by atoms with Crippen LogP contribution in [0.3, 0.4) is 0 Å². The van der Waals surface area contributed by atoms with Crippen molar-refractivity contribution in [1.29, 1.82) is 0 Å². The summed E-state index contributed by atoms with van der Waals surface area (Å²) in [6.45, 7) is 5.99. The Balaban J connectivity index is 2.25. The predicted octanol–water partition coefficient (Wildman–Crippen LogP) is 6.17. The lowest BCUT2D eigenvalue weighted by molar-refractivity contribution is -0.253. The van der Waals surface area contributed by atoms with Gasteiger partial charge in [-0.2, -0.15) is 0 Å². The molecule has 1 aliphatic carbocycles. The second kappa shape index (κ2) is 12.9. The van der Waals surface area contributed by atoms with Gasteiger partial charge in [0, 0.05) is 12.8 Å². The second-order valence-corrected chi connectivity index (χ2v) is 6.21. The van der Waals surface area contributed by atoms with Crippen LogP contribution in [-0.4, -0.2) is 19.0 Å². The summed E-state index contributed by atoms with van der Waals surface area (Å²) in [7, 11) is 0. The molecule has 2 nitrogen and oxygen atoms in total. The highest BCUT2D eigenvalue weighted by Gasteiger charge is 2.33. The van der Waals surface area contributed by atoms with Crippen LogP contribution >= 0.6 is 0 Å².